The zero-order valence-corrected chi connectivity index (χ0v) is 12.0. The van der Waals surface area contributed by atoms with Crippen LogP contribution < -0.4 is 4.74 Å². The van der Waals surface area contributed by atoms with Crippen LogP contribution in [0.1, 0.15) is 18.1 Å². The minimum absolute atomic E-state index is 0.0298. The van der Waals surface area contributed by atoms with Crippen LogP contribution in [-0.2, 0) is 15.5 Å². The Morgan fingerprint density at radius 2 is 1.95 bits per heavy atom. The summed E-state index contributed by atoms with van der Waals surface area (Å²) in [5.74, 6) is -5.24. The van der Waals surface area contributed by atoms with Gasteiger partial charge in [-0.15, -0.1) is 0 Å². The second-order valence-corrected chi connectivity index (χ2v) is 4.47. The highest BCUT2D eigenvalue weighted by Gasteiger charge is 2.42. The van der Waals surface area contributed by atoms with Crippen LogP contribution in [0.2, 0.25) is 0 Å². The van der Waals surface area contributed by atoms with Crippen molar-refractivity contribution in [2.75, 3.05) is 6.61 Å². The van der Waals surface area contributed by atoms with Crippen LogP contribution in [0.15, 0.2) is 36.7 Å². The summed E-state index contributed by atoms with van der Waals surface area (Å²) >= 11 is 0. The van der Waals surface area contributed by atoms with Gasteiger partial charge in [0.15, 0.2) is 0 Å². The summed E-state index contributed by atoms with van der Waals surface area (Å²) in [4.78, 5) is 19.2. The lowest BCUT2D eigenvalue weighted by Crippen LogP contribution is -2.28. The lowest BCUT2D eigenvalue weighted by atomic mass is 10.1. The highest BCUT2D eigenvalue weighted by atomic mass is 19.3. The fraction of sp³-hybridized carbons (Fsp3) is 0.267. The van der Waals surface area contributed by atoms with Crippen LogP contribution in [0.3, 0.4) is 0 Å². The number of aryl methyl sites for hydroxylation is 1. The molecule has 0 aliphatic carbocycles. The number of halogens is 2. The van der Waals surface area contributed by atoms with Gasteiger partial charge in [0.25, 0.3) is 0 Å². The molecule has 0 radical (unpaired) electrons. The first-order chi connectivity index (χ1) is 10.4. The van der Waals surface area contributed by atoms with Crippen LogP contribution in [0.5, 0.6) is 11.8 Å². The van der Waals surface area contributed by atoms with Gasteiger partial charge in [0, 0.05) is 18.0 Å². The molecule has 0 amide bonds. The van der Waals surface area contributed by atoms with Crippen LogP contribution >= 0.6 is 0 Å². The summed E-state index contributed by atoms with van der Waals surface area (Å²) in [7, 11) is 0. The highest BCUT2D eigenvalue weighted by molar-refractivity contribution is 5.79. The van der Waals surface area contributed by atoms with Crippen molar-refractivity contribution in [1.82, 2.24) is 9.97 Å². The molecule has 0 bridgehead atoms. The number of carbonyl (C=O) groups is 1. The molecule has 1 aromatic heterocycles. The summed E-state index contributed by atoms with van der Waals surface area (Å²) in [6.07, 6.45) is 3.08. The van der Waals surface area contributed by atoms with E-state index in [4.69, 9.17) is 4.74 Å². The summed E-state index contributed by atoms with van der Waals surface area (Å²) in [6, 6.07) is 5.03. The Kier molecular flexibility index (Phi) is 4.65. The van der Waals surface area contributed by atoms with E-state index in [2.05, 4.69) is 14.7 Å². The second-order valence-electron chi connectivity index (χ2n) is 4.47. The predicted octanol–water partition coefficient (Wildman–Crippen LogP) is 3.23. The molecule has 0 spiro atoms. The molecule has 1 aromatic carbocycles. The number of hydrogen-bond donors (Lipinski definition) is 0. The molecule has 22 heavy (non-hydrogen) atoms. The monoisotopic (exact) mass is 308 g/mol. The average Bonchev–Trinajstić information content (AvgIpc) is 2.50. The number of hydrogen-bond acceptors (Lipinski definition) is 5. The van der Waals surface area contributed by atoms with E-state index in [0.717, 1.165) is 17.7 Å². The van der Waals surface area contributed by atoms with Gasteiger partial charge in [-0.25, -0.2) is 14.8 Å². The van der Waals surface area contributed by atoms with Crippen molar-refractivity contribution in [1.29, 1.82) is 0 Å². The first-order valence-electron chi connectivity index (χ1n) is 6.55. The number of ether oxygens (including phenoxy) is 2. The lowest BCUT2D eigenvalue weighted by molar-refractivity contribution is -0.173. The van der Waals surface area contributed by atoms with Gasteiger partial charge in [0.05, 0.1) is 6.61 Å². The lowest BCUT2D eigenvalue weighted by Gasteiger charge is -2.15. The third-order valence-electron chi connectivity index (χ3n) is 2.69. The molecule has 2 aromatic rings. The van der Waals surface area contributed by atoms with Crippen molar-refractivity contribution < 1.29 is 23.0 Å². The number of benzene rings is 1. The van der Waals surface area contributed by atoms with Gasteiger partial charge >= 0.3 is 17.9 Å². The summed E-state index contributed by atoms with van der Waals surface area (Å²) in [6.45, 7) is 3.15. The summed E-state index contributed by atoms with van der Waals surface area (Å²) in [5, 5.41) is 0. The van der Waals surface area contributed by atoms with Crippen molar-refractivity contribution in [2.45, 2.75) is 19.8 Å². The third kappa shape index (κ3) is 3.55. The molecule has 0 unspecified atom stereocenters. The molecule has 5 nitrogen and oxygen atoms in total. The van der Waals surface area contributed by atoms with Crippen LogP contribution in [0, 0.1) is 6.92 Å². The Labute approximate surface area is 125 Å². The van der Waals surface area contributed by atoms with Crippen molar-refractivity contribution in [3.05, 3.63) is 47.8 Å². The van der Waals surface area contributed by atoms with E-state index in [0.29, 0.717) is 0 Å². The van der Waals surface area contributed by atoms with E-state index in [-0.39, 0.29) is 18.4 Å². The molecule has 0 fully saturated rings. The standard InChI is InChI=1S/C15H14F2N2O3/c1-3-21-13(20)15(16,17)11-5-4-6-12(7-11)22-14-18-8-10(2)9-19-14/h4-9H,3H2,1-2H3. The molecular formula is C15H14F2N2O3. The maximum Gasteiger partial charge on any atom is 0.381 e. The first-order valence-corrected chi connectivity index (χ1v) is 6.55. The zero-order valence-electron chi connectivity index (χ0n) is 12.0. The fourth-order valence-electron chi connectivity index (χ4n) is 1.63. The molecule has 0 N–H and O–H groups in total. The number of aromatic nitrogens is 2. The van der Waals surface area contributed by atoms with E-state index in [9.17, 15) is 13.6 Å². The summed E-state index contributed by atoms with van der Waals surface area (Å²) in [5.41, 5.74) is 0.325. The summed E-state index contributed by atoms with van der Waals surface area (Å²) < 4.78 is 37.6. The van der Waals surface area contributed by atoms with Gasteiger partial charge in [0.2, 0.25) is 0 Å². The van der Waals surface area contributed by atoms with Crippen molar-refractivity contribution >= 4 is 5.97 Å². The van der Waals surface area contributed by atoms with Gasteiger partial charge in [-0.1, -0.05) is 12.1 Å². The molecule has 2 rings (SSSR count). The number of alkyl halides is 2. The quantitative estimate of drug-likeness (QED) is 0.794. The van der Waals surface area contributed by atoms with E-state index < -0.39 is 17.5 Å². The Balaban J connectivity index is 2.22. The Morgan fingerprint density at radius 3 is 2.59 bits per heavy atom. The molecule has 7 heteroatoms. The Morgan fingerprint density at radius 1 is 1.27 bits per heavy atom. The van der Waals surface area contributed by atoms with Gasteiger partial charge in [-0.3, -0.25) is 0 Å². The third-order valence-corrected chi connectivity index (χ3v) is 2.69. The molecule has 0 saturated heterocycles. The number of esters is 1. The topological polar surface area (TPSA) is 61.3 Å². The molecule has 0 saturated carbocycles. The van der Waals surface area contributed by atoms with Crippen molar-refractivity contribution in [3.63, 3.8) is 0 Å². The maximum atomic E-state index is 13.9. The largest absolute Gasteiger partial charge is 0.461 e. The van der Waals surface area contributed by atoms with Gasteiger partial charge in [-0.05, 0) is 31.5 Å². The van der Waals surface area contributed by atoms with Crippen molar-refractivity contribution in [2.24, 2.45) is 0 Å². The number of rotatable bonds is 5. The van der Waals surface area contributed by atoms with Gasteiger partial charge in [0.1, 0.15) is 5.75 Å². The van der Waals surface area contributed by atoms with Crippen LogP contribution in [-0.4, -0.2) is 22.5 Å². The van der Waals surface area contributed by atoms with E-state index in [1.54, 1.807) is 12.4 Å². The van der Waals surface area contributed by atoms with E-state index in [1.165, 1.54) is 19.1 Å². The van der Waals surface area contributed by atoms with E-state index >= 15 is 0 Å². The zero-order chi connectivity index (χ0) is 16.2. The van der Waals surface area contributed by atoms with Gasteiger partial charge < -0.3 is 9.47 Å². The smallest absolute Gasteiger partial charge is 0.381 e. The normalized spacial score (nSPS) is 11.1. The van der Waals surface area contributed by atoms with Gasteiger partial charge in [-0.2, -0.15) is 8.78 Å². The molecule has 0 aliphatic heterocycles. The van der Waals surface area contributed by atoms with Crippen LogP contribution in [0.4, 0.5) is 8.78 Å². The predicted molar refractivity (Wildman–Crippen MR) is 73.8 cm³/mol. The number of carbonyl (C=O) groups excluding carboxylic acids is 1. The molecule has 0 atom stereocenters. The second kappa shape index (κ2) is 6.46. The highest BCUT2D eigenvalue weighted by Crippen LogP contribution is 2.32. The molecule has 1 heterocycles. The molecular weight excluding hydrogens is 294 g/mol. The SMILES string of the molecule is CCOC(=O)C(F)(F)c1cccc(Oc2ncc(C)cn2)c1. The minimum atomic E-state index is -3.75. The molecule has 0 aliphatic rings. The molecule has 116 valence electrons. The Bertz CT molecular complexity index is 660. The number of nitrogens with zero attached hydrogens (tertiary/aromatic N) is 2. The minimum Gasteiger partial charge on any atom is -0.461 e. The van der Waals surface area contributed by atoms with Crippen molar-refractivity contribution in [3.8, 4) is 11.8 Å². The first kappa shape index (κ1) is 15.8. The van der Waals surface area contributed by atoms with E-state index in [1.807, 2.05) is 6.92 Å². The fourth-order valence-corrected chi connectivity index (χ4v) is 1.63. The maximum absolute atomic E-state index is 13.9. The average molecular weight is 308 g/mol. The van der Waals surface area contributed by atoms with Crippen LogP contribution in [0.25, 0.3) is 0 Å². The Hall–Kier alpha value is -2.57.